The van der Waals surface area contributed by atoms with Crippen LogP contribution in [-0.4, -0.2) is 33.7 Å². The maximum Gasteiger partial charge on any atom is 0.244 e. The van der Waals surface area contributed by atoms with Crippen LogP contribution in [0.3, 0.4) is 0 Å². The van der Waals surface area contributed by atoms with Crippen molar-refractivity contribution in [1.82, 2.24) is 5.32 Å². The molecule has 0 aliphatic heterocycles. The fourth-order valence-electron chi connectivity index (χ4n) is 3.80. The monoisotopic (exact) mass is 436 g/mol. The lowest BCUT2D eigenvalue weighted by molar-refractivity contribution is -0.122. The zero-order valence-corrected chi connectivity index (χ0v) is 18.3. The molecule has 0 saturated carbocycles. The summed E-state index contributed by atoms with van der Waals surface area (Å²) in [6.45, 7) is 1.57. The number of hydrogen-bond acceptors (Lipinski definition) is 4. The van der Waals surface area contributed by atoms with E-state index >= 15 is 0 Å². The summed E-state index contributed by atoms with van der Waals surface area (Å²) >= 11 is 6.17. The molecule has 156 valence electrons. The van der Waals surface area contributed by atoms with Gasteiger partial charge in [0.2, 0.25) is 15.9 Å². The maximum atomic E-state index is 13.0. The van der Waals surface area contributed by atoms with E-state index in [0.717, 1.165) is 35.4 Å². The third-order valence-corrected chi connectivity index (χ3v) is 6.70. The number of methoxy groups -OCH3 is 1. The van der Waals surface area contributed by atoms with Crippen molar-refractivity contribution in [3.8, 4) is 5.75 Å². The second-order valence-electron chi connectivity index (χ2n) is 7.21. The summed E-state index contributed by atoms with van der Waals surface area (Å²) in [7, 11) is -2.25. The lowest BCUT2D eigenvalue weighted by atomic mass is 9.87. The van der Waals surface area contributed by atoms with E-state index in [-0.39, 0.29) is 17.0 Å². The number of nitrogens with one attached hydrogen (secondary N) is 1. The molecule has 0 heterocycles. The van der Waals surface area contributed by atoms with Crippen LogP contribution < -0.4 is 14.4 Å². The Hall–Kier alpha value is -2.25. The van der Waals surface area contributed by atoms with Crippen LogP contribution in [0.15, 0.2) is 42.5 Å². The summed E-state index contributed by atoms with van der Waals surface area (Å²) in [6, 6.07) is 11.6. The topological polar surface area (TPSA) is 75.7 Å². The minimum absolute atomic E-state index is 0.129. The number of carbonyl (C=O) groups excluding carboxylic acids is 1. The molecule has 1 N–H and O–H groups in total. The second kappa shape index (κ2) is 8.63. The molecular weight excluding hydrogens is 412 g/mol. The summed E-state index contributed by atoms with van der Waals surface area (Å²) < 4.78 is 31.2. The molecule has 0 bridgehead atoms. The number of rotatable bonds is 6. The van der Waals surface area contributed by atoms with Gasteiger partial charge in [0.05, 0.1) is 30.1 Å². The van der Waals surface area contributed by atoms with E-state index < -0.39 is 16.1 Å². The van der Waals surface area contributed by atoms with Gasteiger partial charge in [-0.1, -0.05) is 35.9 Å². The van der Waals surface area contributed by atoms with E-state index in [1.807, 2.05) is 18.2 Å². The van der Waals surface area contributed by atoms with E-state index in [4.69, 9.17) is 16.3 Å². The molecule has 1 amide bonds. The Morgan fingerprint density at radius 2 is 2.00 bits per heavy atom. The van der Waals surface area contributed by atoms with Crippen LogP contribution >= 0.6 is 11.6 Å². The lowest BCUT2D eigenvalue weighted by Crippen LogP contribution is -2.49. The number of hydrogen-bond donors (Lipinski definition) is 1. The van der Waals surface area contributed by atoms with Gasteiger partial charge in [0, 0.05) is 0 Å². The Labute approximate surface area is 176 Å². The number of anilines is 1. The van der Waals surface area contributed by atoms with Gasteiger partial charge in [-0.25, -0.2) is 8.42 Å². The predicted octanol–water partition coefficient (Wildman–Crippen LogP) is 3.70. The first-order valence-corrected chi connectivity index (χ1v) is 11.7. The third-order valence-electron chi connectivity index (χ3n) is 5.16. The maximum absolute atomic E-state index is 13.0. The molecule has 3 rings (SSSR count). The Morgan fingerprint density at radius 1 is 1.28 bits per heavy atom. The van der Waals surface area contributed by atoms with Gasteiger partial charge >= 0.3 is 0 Å². The van der Waals surface area contributed by atoms with Crippen molar-refractivity contribution in [2.75, 3.05) is 17.7 Å². The summed E-state index contributed by atoms with van der Waals surface area (Å²) in [5, 5.41) is 3.30. The number of ether oxygens (including phenoxy) is 1. The number of sulfonamides is 1. The van der Waals surface area contributed by atoms with Crippen molar-refractivity contribution in [1.29, 1.82) is 0 Å². The van der Waals surface area contributed by atoms with Crippen molar-refractivity contribution in [2.45, 2.75) is 38.3 Å². The SMILES string of the molecule is COc1ccc(N(C(C)C(=O)NC2CCCc3ccccc32)S(C)(=O)=O)cc1Cl. The van der Waals surface area contributed by atoms with Gasteiger partial charge in [-0.3, -0.25) is 9.10 Å². The summed E-state index contributed by atoms with van der Waals surface area (Å²) in [6.07, 6.45) is 3.85. The van der Waals surface area contributed by atoms with Gasteiger partial charge in [0.1, 0.15) is 11.8 Å². The molecule has 0 spiro atoms. The highest BCUT2D eigenvalue weighted by Crippen LogP contribution is 2.32. The van der Waals surface area contributed by atoms with Crippen LogP contribution in [0.25, 0.3) is 0 Å². The van der Waals surface area contributed by atoms with Gasteiger partial charge in [-0.05, 0) is 55.5 Å². The Bertz CT molecular complexity index is 1010. The number of halogens is 1. The van der Waals surface area contributed by atoms with Gasteiger partial charge < -0.3 is 10.1 Å². The van der Waals surface area contributed by atoms with Crippen LogP contribution in [0, 0.1) is 0 Å². The van der Waals surface area contributed by atoms with E-state index in [1.165, 1.54) is 18.7 Å². The van der Waals surface area contributed by atoms with Gasteiger partial charge in [-0.15, -0.1) is 0 Å². The fourth-order valence-corrected chi connectivity index (χ4v) is 5.22. The average molecular weight is 437 g/mol. The van der Waals surface area contributed by atoms with Crippen LogP contribution in [0.5, 0.6) is 5.75 Å². The highest BCUT2D eigenvalue weighted by atomic mass is 35.5. The fraction of sp³-hybridized carbons (Fsp3) is 0.381. The average Bonchev–Trinajstić information content (AvgIpc) is 2.67. The zero-order valence-electron chi connectivity index (χ0n) is 16.7. The van der Waals surface area contributed by atoms with Crippen molar-refractivity contribution >= 4 is 33.2 Å². The molecule has 2 atom stereocenters. The van der Waals surface area contributed by atoms with E-state index in [9.17, 15) is 13.2 Å². The van der Waals surface area contributed by atoms with Gasteiger partial charge in [-0.2, -0.15) is 0 Å². The first-order chi connectivity index (χ1) is 13.7. The molecule has 2 unspecified atom stereocenters. The molecule has 1 aliphatic carbocycles. The largest absolute Gasteiger partial charge is 0.495 e. The van der Waals surface area contributed by atoms with E-state index in [1.54, 1.807) is 19.1 Å². The zero-order chi connectivity index (χ0) is 21.2. The minimum atomic E-state index is -3.73. The van der Waals surface area contributed by atoms with E-state index in [0.29, 0.717) is 11.4 Å². The van der Waals surface area contributed by atoms with Gasteiger partial charge in [0.15, 0.2) is 0 Å². The predicted molar refractivity (Wildman–Crippen MR) is 115 cm³/mol. The summed E-state index contributed by atoms with van der Waals surface area (Å²) in [5.74, 6) is 0.0730. The molecule has 29 heavy (non-hydrogen) atoms. The number of aryl methyl sites for hydroxylation is 1. The number of fused-ring (bicyclic) bond motifs is 1. The third kappa shape index (κ3) is 4.67. The second-order valence-corrected chi connectivity index (χ2v) is 9.47. The number of benzene rings is 2. The molecule has 0 fully saturated rings. The number of carbonyl (C=O) groups is 1. The smallest absolute Gasteiger partial charge is 0.244 e. The molecule has 8 heteroatoms. The lowest BCUT2D eigenvalue weighted by Gasteiger charge is -2.32. The molecule has 0 aromatic heterocycles. The molecule has 2 aromatic rings. The highest BCUT2D eigenvalue weighted by molar-refractivity contribution is 7.92. The van der Waals surface area contributed by atoms with Crippen molar-refractivity contribution < 1.29 is 17.9 Å². The summed E-state index contributed by atoms with van der Waals surface area (Å²) in [5.41, 5.74) is 2.63. The van der Waals surface area contributed by atoms with Crippen LogP contribution in [0.4, 0.5) is 5.69 Å². The molecule has 0 saturated heterocycles. The van der Waals surface area contributed by atoms with Crippen molar-refractivity contribution in [3.05, 3.63) is 58.6 Å². The molecule has 0 radical (unpaired) electrons. The molecular formula is C21H25ClN2O4S. The highest BCUT2D eigenvalue weighted by Gasteiger charge is 2.31. The Morgan fingerprint density at radius 3 is 2.66 bits per heavy atom. The first-order valence-electron chi connectivity index (χ1n) is 9.43. The first kappa shape index (κ1) is 21.5. The molecule has 6 nitrogen and oxygen atoms in total. The van der Waals surface area contributed by atoms with Gasteiger partial charge in [0.25, 0.3) is 0 Å². The Balaban J connectivity index is 1.86. The minimum Gasteiger partial charge on any atom is -0.495 e. The van der Waals surface area contributed by atoms with Crippen molar-refractivity contribution in [2.24, 2.45) is 0 Å². The normalized spacial score (nSPS) is 17.2. The van der Waals surface area contributed by atoms with Crippen LogP contribution in [-0.2, 0) is 21.2 Å². The van der Waals surface area contributed by atoms with Crippen LogP contribution in [0.1, 0.15) is 36.9 Å². The summed E-state index contributed by atoms with van der Waals surface area (Å²) in [4.78, 5) is 13.0. The molecule has 2 aromatic carbocycles. The van der Waals surface area contributed by atoms with Crippen LogP contribution in [0.2, 0.25) is 5.02 Å². The number of nitrogens with zero attached hydrogens (tertiary/aromatic N) is 1. The Kier molecular flexibility index (Phi) is 6.39. The quantitative estimate of drug-likeness (QED) is 0.749. The standard InChI is InChI=1S/C21H25ClN2O4S/c1-14(21(25)23-19-10-6-8-15-7-4-5-9-17(15)19)24(29(3,26)27)16-11-12-20(28-2)18(22)13-16/h4-5,7,9,11-14,19H,6,8,10H2,1-3H3,(H,23,25). The molecule has 1 aliphatic rings. The number of amides is 1. The van der Waals surface area contributed by atoms with Crippen molar-refractivity contribution in [3.63, 3.8) is 0 Å². The van der Waals surface area contributed by atoms with E-state index in [2.05, 4.69) is 11.4 Å².